The first-order valence-corrected chi connectivity index (χ1v) is 9.22. The van der Waals surface area contributed by atoms with Crippen LogP contribution in [0.15, 0.2) is 73.1 Å². The number of amides is 2. The zero-order valence-corrected chi connectivity index (χ0v) is 15.9. The first-order chi connectivity index (χ1) is 14.2. The van der Waals surface area contributed by atoms with Crippen LogP contribution in [0.25, 0.3) is 11.8 Å². The van der Waals surface area contributed by atoms with Gasteiger partial charge in [0, 0.05) is 24.9 Å². The van der Waals surface area contributed by atoms with Crippen LogP contribution in [-0.2, 0) is 9.59 Å². The van der Waals surface area contributed by atoms with Crippen molar-refractivity contribution >= 4 is 23.6 Å². The Labute approximate surface area is 168 Å². The Kier molecular flexibility index (Phi) is 5.11. The number of ether oxygens (including phenoxy) is 1. The lowest BCUT2D eigenvalue weighted by Gasteiger charge is -2.33. The van der Waals surface area contributed by atoms with E-state index in [0.29, 0.717) is 11.4 Å². The number of rotatable bonds is 4. The third-order valence-corrected chi connectivity index (χ3v) is 4.62. The molecule has 0 bridgehead atoms. The molecule has 2 heterocycles. The minimum atomic E-state index is -0.756. The van der Waals surface area contributed by atoms with Gasteiger partial charge >= 0.3 is 0 Å². The van der Waals surface area contributed by atoms with E-state index in [4.69, 9.17) is 4.74 Å². The summed E-state index contributed by atoms with van der Waals surface area (Å²) in [6.45, 7) is 0.142. The first-order valence-electron chi connectivity index (χ1n) is 9.22. The fourth-order valence-corrected chi connectivity index (χ4v) is 3.14. The van der Waals surface area contributed by atoms with Gasteiger partial charge in [-0.05, 0) is 30.3 Å². The molecular weight excluding hydrogens is 368 g/mol. The summed E-state index contributed by atoms with van der Waals surface area (Å²) in [5.41, 5.74) is 2.38. The number of nitrogens with zero attached hydrogens (tertiary/aromatic N) is 3. The van der Waals surface area contributed by atoms with Gasteiger partial charge in [0.15, 0.2) is 6.10 Å². The number of likely N-dealkylation sites (N-methyl/N-ethyl adjacent to an activating group) is 1. The highest BCUT2D eigenvalue weighted by Crippen LogP contribution is 2.33. The van der Waals surface area contributed by atoms with Crippen molar-refractivity contribution in [1.29, 1.82) is 0 Å². The van der Waals surface area contributed by atoms with Crippen molar-refractivity contribution in [2.75, 3.05) is 18.5 Å². The van der Waals surface area contributed by atoms with Gasteiger partial charge in [-0.3, -0.25) is 9.59 Å². The molecule has 0 unspecified atom stereocenters. The molecule has 1 atom stereocenters. The second-order valence-electron chi connectivity index (χ2n) is 6.52. The Morgan fingerprint density at radius 2 is 1.90 bits per heavy atom. The number of para-hydroxylation sites is 3. The molecule has 146 valence electrons. The Morgan fingerprint density at radius 3 is 2.69 bits per heavy atom. The molecule has 2 aromatic carbocycles. The Morgan fingerprint density at radius 1 is 1.14 bits per heavy atom. The molecule has 1 N–H and O–H groups in total. The smallest absolute Gasteiger partial charge is 0.262 e. The number of carbonyl (C=O) groups excluding carboxylic acids is 2. The number of benzene rings is 2. The van der Waals surface area contributed by atoms with Crippen LogP contribution < -0.4 is 15.0 Å². The molecule has 0 spiro atoms. The van der Waals surface area contributed by atoms with Crippen molar-refractivity contribution < 1.29 is 14.3 Å². The fourth-order valence-electron chi connectivity index (χ4n) is 3.14. The van der Waals surface area contributed by atoms with Gasteiger partial charge < -0.3 is 15.0 Å². The van der Waals surface area contributed by atoms with E-state index in [1.165, 1.54) is 6.08 Å². The predicted octanol–water partition coefficient (Wildman–Crippen LogP) is 2.43. The van der Waals surface area contributed by atoms with Crippen LogP contribution >= 0.6 is 0 Å². The van der Waals surface area contributed by atoms with Gasteiger partial charge in [-0.1, -0.05) is 30.3 Å². The van der Waals surface area contributed by atoms with Gasteiger partial charge in [-0.25, -0.2) is 4.68 Å². The summed E-state index contributed by atoms with van der Waals surface area (Å²) in [6, 6.07) is 16.9. The summed E-state index contributed by atoms with van der Waals surface area (Å²) in [7, 11) is 1.54. The molecule has 0 saturated heterocycles. The summed E-state index contributed by atoms with van der Waals surface area (Å²) in [5, 5.41) is 6.90. The molecule has 1 aromatic heterocycles. The monoisotopic (exact) mass is 388 g/mol. The Balaban J connectivity index is 1.54. The van der Waals surface area contributed by atoms with Crippen molar-refractivity contribution in [3.8, 4) is 11.4 Å². The number of fused-ring (bicyclic) bond motifs is 1. The molecule has 3 aromatic rings. The van der Waals surface area contributed by atoms with Gasteiger partial charge in [0.25, 0.3) is 11.8 Å². The summed E-state index contributed by atoms with van der Waals surface area (Å²) in [4.78, 5) is 26.5. The lowest BCUT2D eigenvalue weighted by atomic mass is 10.1. The van der Waals surface area contributed by atoms with E-state index in [-0.39, 0.29) is 18.4 Å². The summed E-state index contributed by atoms with van der Waals surface area (Å²) in [6.07, 6.45) is 5.97. The van der Waals surface area contributed by atoms with Crippen LogP contribution in [0.5, 0.6) is 5.75 Å². The number of aromatic nitrogens is 2. The minimum Gasteiger partial charge on any atom is -0.477 e. The maximum absolute atomic E-state index is 12.9. The molecule has 7 nitrogen and oxygen atoms in total. The van der Waals surface area contributed by atoms with Crippen LogP contribution in [0.1, 0.15) is 5.56 Å². The average molecular weight is 388 g/mol. The Hall–Kier alpha value is -3.87. The molecule has 29 heavy (non-hydrogen) atoms. The van der Waals surface area contributed by atoms with Crippen molar-refractivity contribution in [2.45, 2.75) is 6.10 Å². The summed E-state index contributed by atoms with van der Waals surface area (Å²) in [5.74, 6) is -0.00136. The predicted molar refractivity (Wildman–Crippen MR) is 110 cm³/mol. The number of hydrogen-bond acceptors (Lipinski definition) is 4. The maximum atomic E-state index is 12.9. The molecule has 7 heteroatoms. The highest BCUT2D eigenvalue weighted by Gasteiger charge is 2.32. The topological polar surface area (TPSA) is 76.5 Å². The molecule has 0 saturated carbocycles. The lowest BCUT2D eigenvalue weighted by molar-refractivity contribution is -0.127. The van der Waals surface area contributed by atoms with E-state index in [9.17, 15) is 9.59 Å². The van der Waals surface area contributed by atoms with Gasteiger partial charge in [-0.15, -0.1) is 0 Å². The quantitative estimate of drug-likeness (QED) is 0.697. The SMILES string of the molecule is CNC(=O)[C@H]1CN(C(=O)/C=C/c2cnn(-c3ccccc3)c2)c2ccccc2O1. The van der Waals surface area contributed by atoms with Gasteiger partial charge in [-0.2, -0.15) is 5.10 Å². The van der Waals surface area contributed by atoms with Gasteiger partial charge in [0.05, 0.1) is 24.1 Å². The second-order valence-corrected chi connectivity index (χ2v) is 6.52. The van der Waals surface area contributed by atoms with E-state index in [1.54, 1.807) is 41.0 Å². The van der Waals surface area contributed by atoms with Crippen molar-refractivity contribution in [3.05, 3.63) is 78.6 Å². The van der Waals surface area contributed by atoms with Crippen molar-refractivity contribution in [1.82, 2.24) is 15.1 Å². The molecule has 0 aliphatic carbocycles. The number of anilines is 1. The molecule has 0 fully saturated rings. The Bertz CT molecular complexity index is 1060. The van der Waals surface area contributed by atoms with Crippen LogP contribution in [-0.4, -0.2) is 41.3 Å². The molecule has 1 aliphatic rings. The van der Waals surface area contributed by atoms with Crippen LogP contribution in [0.3, 0.4) is 0 Å². The zero-order chi connectivity index (χ0) is 20.2. The lowest BCUT2D eigenvalue weighted by Crippen LogP contribution is -2.49. The van der Waals surface area contributed by atoms with E-state index in [0.717, 1.165) is 11.3 Å². The highest BCUT2D eigenvalue weighted by molar-refractivity contribution is 6.05. The number of carbonyl (C=O) groups is 2. The van der Waals surface area contributed by atoms with Gasteiger partial charge in [0.2, 0.25) is 0 Å². The number of hydrogen-bond donors (Lipinski definition) is 1. The minimum absolute atomic E-state index is 0.142. The molecule has 1 aliphatic heterocycles. The zero-order valence-electron chi connectivity index (χ0n) is 15.9. The van der Waals surface area contributed by atoms with E-state index >= 15 is 0 Å². The third kappa shape index (κ3) is 3.89. The van der Waals surface area contributed by atoms with E-state index in [2.05, 4.69) is 10.4 Å². The largest absolute Gasteiger partial charge is 0.477 e. The highest BCUT2D eigenvalue weighted by atomic mass is 16.5. The first kappa shape index (κ1) is 18.5. The third-order valence-electron chi connectivity index (χ3n) is 4.62. The summed E-state index contributed by atoms with van der Waals surface area (Å²) >= 11 is 0. The number of nitrogens with one attached hydrogen (secondary N) is 1. The summed E-state index contributed by atoms with van der Waals surface area (Å²) < 4.78 is 7.48. The fraction of sp³-hybridized carbons (Fsp3) is 0.136. The standard InChI is InChI=1S/C22H20N4O3/c1-23-22(28)20-15-25(18-9-5-6-10-19(18)29-20)21(27)12-11-16-13-24-26(14-16)17-7-3-2-4-8-17/h2-14,20H,15H2,1H3,(H,23,28)/b12-11+/t20-/m1/s1. The molecule has 4 rings (SSSR count). The van der Waals surface area contributed by atoms with Crippen LogP contribution in [0, 0.1) is 0 Å². The van der Waals surface area contributed by atoms with E-state index < -0.39 is 6.10 Å². The average Bonchev–Trinajstić information content (AvgIpc) is 3.26. The molecule has 2 amide bonds. The van der Waals surface area contributed by atoms with Crippen LogP contribution in [0.4, 0.5) is 5.69 Å². The van der Waals surface area contributed by atoms with Crippen molar-refractivity contribution in [3.63, 3.8) is 0 Å². The normalized spacial score (nSPS) is 15.6. The molecule has 0 radical (unpaired) electrons. The van der Waals surface area contributed by atoms with Gasteiger partial charge in [0.1, 0.15) is 5.75 Å². The van der Waals surface area contributed by atoms with Crippen LogP contribution in [0.2, 0.25) is 0 Å². The molecular formula is C22H20N4O3. The maximum Gasteiger partial charge on any atom is 0.262 e. The van der Waals surface area contributed by atoms with E-state index in [1.807, 2.05) is 48.7 Å². The second kappa shape index (κ2) is 8.02. The van der Waals surface area contributed by atoms with Crippen molar-refractivity contribution in [2.24, 2.45) is 0 Å².